The predicted molar refractivity (Wildman–Crippen MR) is 266 cm³/mol. The Morgan fingerprint density at radius 3 is 1.11 bits per heavy atom. The average Bonchev–Trinajstić information content (AvgIpc) is 3.29. The summed E-state index contributed by atoms with van der Waals surface area (Å²) in [5.74, 6) is -0.566. The zero-order chi connectivity index (χ0) is 48.7. The van der Waals surface area contributed by atoms with Crippen molar-refractivity contribution in [1.82, 2.24) is 5.32 Å². The molecule has 0 saturated heterocycles. The molecule has 8 atom stereocenters. The van der Waals surface area contributed by atoms with Gasteiger partial charge in [-0.1, -0.05) is 245 Å². The van der Waals surface area contributed by atoms with Gasteiger partial charge in [0.2, 0.25) is 5.91 Å². The van der Waals surface area contributed by atoms with Gasteiger partial charge in [0.1, 0.15) is 36.6 Å². The first kappa shape index (κ1) is 63.3. The molecule has 9 N–H and O–H groups in total. The number of nitrogens with one attached hydrogen (secondary N) is 1. The molecule has 394 valence electrons. The average molecular weight is 966 g/mol. The van der Waals surface area contributed by atoms with E-state index in [9.17, 15) is 50.0 Å². The molecule has 1 aliphatic carbocycles. The lowest BCUT2D eigenvalue weighted by Crippen LogP contribution is -2.64. The van der Waals surface area contributed by atoms with Crippen LogP contribution in [0.1, 0.15) is 264 Å². The molecule has 0 aliphatic heterocycles. The van der Waals surface area contributed by atoms with E-state index in [0.29, 0.717) is 12.8 Å². The molecule has 13 nitrogen and oxygen atoms in total. The first-order valence-electron chi connectivity index (χ1n) is 27.6. The van der Waals surface area contributed by atoms with Gasteiger partial charge in [-0.05, 0) is 12.8 Å². The van der Waals surface area contributed by atoms with Crippen molar-refractivity contribution in [2.45, 2.75) is 319 Å². The van der Waals surface area contributed by atoms with E-state index in [1.54, 1.807) is 0 Å². The molecule has 0 aromatic carbocycles. The van der Waals surface area contributed by atoms with Gasteiger partial charge in [-0.3, -0.25) is 13.8 Å². The van der Waals surface area contributed by atoms with Crippen LogP contribution in [0.5, 0.6) is 0 Å². The lowest BCUT2D eigenvalue weighted by Gasteiger charge is -2.41. The van der Waals surface area contributed by atoms with Crippen molar-refractivity contribution in [2.24, 2.45) is 0 Å². The Balaban J connectivity index is 2.02. The highest BCUT2D eigenvalue weighted by Gasteiger charge is 2.51. The minimum Gasteiger partial charge on any atom is -0.393 e. The topological polar surface area (TPSA) is 226 Å². The summed E-state index contributed by atoms with van der Waals surface area (Å²) in [6, 6.07) is -1.15. The van der Waals surface area contributed by atoms with Crippen LogP contribution in [0.3, 0.4) is 0 Å². The molecule has 8 unspecified atom stereocenters. The van der Waals surface area contributed by atoms with Gasteiger partial charge in [0.15, 0.2) is 0 Å². The van der Waals surface area contributed by atoms with Crippen molar-refractivity contribution >= 4 is 13.7 Å². The Hall–Kier alpha value is -0.700. The third-order valence-electron chi connectivity index (χ3n) is 13.7. The molecule has 1 fully saturated rings. The van der Waals surface area contributed by atoms with Gasteiger partial charge in [-0.15, -0.1) is 0 Å². The first-order chi connectivity index (χ1) is 31.8. The molecule has 0 aromatic rings. The molecular weight excluding hydrogens is 862 g/mol. The van der Waals surface area contributed by atoms with Gasteiger partial charge in [-0.25, -0.2) is 4.57 Å². The molecule has 1 saturated carbocycles. The molecule has 0 bridgehead atoms. The van der Waals surface area contributed by atoms with E-state index in [1.165, 1.54) is 186 Å². The van der Waals surface area contributed by atoms with Crippen LogP contribution in [0.15, 0.2) is 0 Å². The third-order valence-corrected chi connectivity index (χ3v) is 14.7. The van der Waals surface area contributed by atoms with E-state index in [1.807, 2.05) is 6.92 Å². The van der Waals surface area contributed by atoms with Crippen LogP contribution < -0.4 is 5.32 Å². The Kier molecular flexibility index (Phi) is 40.3. The minimum atomic E-state index is -5.09. The molecule has 66 heavy (non-hydrogen) atoms. The molecule has 1 aliphatic rings. The van der Waals surface area contributed by atoms with Gasteiger partial charge in [0.25, 0.3) is 0 Å². The van der Waals surface area contributed by atoms with Crippen LogP contribution >= 0.6 is 7.82 Å². The number of aliphatic hydroxyl groups excluding tert-OH is 7. The number of amides is 1. The van der Waals surface area contributed by atoms with E-state index in [2.05, 4.69) is 12.2 Å². The lowest BCUT2D eigenvalue weighted by atomic mass is 9.85. The van der Waals surface area contributed by atoms with E-state index in [0.717, 1.165) is 38.5 Å². The summed E-state index contributed by atoms with van der Waals surface area (Å²) in [5, 5.41) is 73.9. The van der Waals surface area contributed by atoms with Crippen molar-refractivity contribution in [3.05, 3.63) is 0 Å². The molecule has 1 amide bonds. The van der Waals surface area contributed by atoms with E-state index in [-0.39, 0.29) is 12.8 Å². The SMILES string of the molecule is CCCCCCCCCCCCCCCCCCCCCCCCCCCCCCCCCCCC(O)CC(=O)NC(COP(=O)(O)OC1C(O)C(O)C(O)C(O)C1O)C(O)CCCCC. The standard InChI is InChI=1S/C52H104NO12P/c1-3-5-7-8-9-10-11-12-13-14-15-16-17-18-19-20-21-22-23-24-25-26-27-28-29-30-31-32-33-34-35-36-38-39-43(54)41-46(56)53-44(45(55)40-37-6-4-2)42-64-66(62,63)65-52-50(60)48(58)47(57)49(59)51(52)61/h43-45,47-52,54-55,57-61H,3-42H2,1-2H3,(H,53,56)(H,62,63). The smallest absolute Gasteiger partial charge is 0.393 e. The van der Waals surface area contributed by atoms with Gasteiger partial charge in [0.05, 0.1) is 31.3 Å². The largest absolute Gasteiger partial charge is 0.472 e. The van der Waals surface area contributed by atoms with Gasteiger partial charge in [0, 0.05) is 0 Å². The second kappa shape index (κ2) is 42.0. The fourth-order valence-electron chi connectivity index (χ4n) is 9.25. The monoisotopic (exact) mass is 966 g/mol. The van der Waals surface area contributed by atoms with E-state index < -0.39 is 75.2 Å². The zero-order valence-corrected chi connectivity index (χ0v) is 43.0. The zero-order valence-electron chi connectivity index (χ0n) is 42.1. The summed E-state index contributed by atoms with van der Waals surface area (Å²) in [6.45, 7) is 3.59. The Morgan fingerprint density at radius 1 is 0.470 bits per heavy atom. The van der Waals surface area contributed by atoms with Gasteiger partial charge >= 0.3 is 7.82 Å². The summed E-state index contributed by atoms with van der Waals surface area (Å²) in [6.07, 6.45) is 33.5. The summed E-state index contributed by atoms with van der Waals surface area (Å²) in [7, 11) is -5.09. The number of unbranched alkanes of at least 4 members (excludes halogenated alkanes) is 34. The number of rotatable bonds is 47. The highest BCUT2D eigenvalue weighted by Crippen LogP contribution is 2.47. The van der Waals surface area contributed by atoms with Crippen LogP contribution in [0, 0.1) is 0 Å². The first-order valence-corrected chi connectivity index (χ1v) is 29.1. The molecule has 1 rings (SSSR count). The maximum Gasteiger partial charge on any atom is 0.472 e. The lowest BCUT2D eigenvalue weighted by molar-refractivity contribution is -0.220. The van der Waals surface area contributed by atoms with E-state index >= 15 is 0 Å². The Morgan fingerprint density at radius 2 is 0.758 bits per heavy atom. The number of phosphoric ester groups is 1. The molecule has 0 radical (unpaired) electrons. The summed E-state index contributed by atoms with van der Waals surface area (Å²) in [4.78, 5) is 23.2. The minimum absolute atomic E-state index is 0.219. The van der Waals surface area contributed by atoms with Crippen LogP contribution in [0.4, 0.5) is 0 Å². The molecule has 0 heterocycles. The highest BCUT2D eigenvalue weighted by atomic mass is 31.2. The molecule has 14 heteroatoms. The number of phosphoric acid groups is 1. The summed E-state index contributed by atoms with van der Waals surface area (Å²) in [5.41, 5.74) is 0. The quantitative estimate of drug-likeness (QED) is 0.0205. The van der Waals surface area contributed by atoms with Crippen LogP contribution in [-0.4, -0.2) is 108 Å². The summed E-state index contributed by atoms with van der Waals surface area (Å²) >= 11 is 0. The number of hydrogen-bond acceptors (Lipinski definition) is 11. The van der Waals surface area contributed by atoms with Crippen LogP contribution in [-0.2, 0) is 18.4 Å². The Bertz CT molecular complexity index is 1140. The van der Waals surface area contributed by atoms with Gasteiger partial charge < -0.3 is 46.0 Å². The second-order valence-electron chi connectivity index (χ2n) is 20.0. The molecular formula is C52H104NO12P. The van der Waals surface area contributed by atoms with Crippen molar-refractivity contribution in [2.75, 3.05) is 6.61 Å². The summed E-state index contributed by atoms with van der Waals surface area (Å²) < 4.78 is 22.6. The second-order valence-corrected chi connectivity index (χ2v) is 21.4. The molecule has 0 aromatic heterocycles. The fraction of sp³-hybridized carbons (Fsp3) is 0.981. The predicted octanol–water partition coefficient (Wildman–Crippen LogP) is 10.8. The maximum atomic E-state index is 12.9. The van der Waals surface area contributed by atoms with Crippen LogP contribution in [0.2, 0.25) is 0 Å². The Labute approximate surface area is 402 Å². The fourth-order valence-corrected chi connectivity index (χ4v) is 10.2. The third kappa shape index (κ3) is 33.0. The van der Waals surface area contributed by atoms with Crippen molar-refractivity contribution in [3.63, 3.8) is 0 Å². The van der Waals surface area contributed by atoms with Crippen molar-refractivity contribution in [1.29, 1.82) is 0 Å². The van der Waals surface area contributed by atoms with E-state index in [4.69, 9.17) is 9.05 Å². The van der Waals surface area contributed by atoms with Crippen molar-refractivity contribution in [3.8, 4) is 0 Å². The van der Waals surface area contributed by atoms with Gasteiger partial charge in [-0.2, -0.15) is 0 Å². The number of hydrogen-bond donors (Lipinski definition) is 9. The highest BCUT2D eigenvalue weighted by molar-refractivity contribution is 7.47. The molecule has 0 spiro atoms. The number of carbonyl (C=O) groups is 1. The number of carbonyl (C=O) groups excluding carboxylic acids is 1. The number of aliphatic hydroxyl groups is 7. The van der Waals surface area contributed by atoms with Crippen LogP contribution in [0.25, 0.3) is 0 Å². The normalized spacial score (nSPS) is 22.3. The maximum absolute atomic E-state index is 12.9. The van der Waals surface area contributed by atoms with Crippen molar-refractivity contribution < 1.29 is 59.0 Å².